The molecule has 0 bridgehead atoms. The summed E-state index contributed by atoms with van der Waals surface area (Å²) in [6.45, 7) is 4.56. The van der Waals surface area contributed by atoms with Gasteiger partial charge in [0.2, 0.25) is 0 Å². The minimum Gasteiger partial charge on any atom is -0.0654 e. The van der Waals surface area contributed by atoms with Crippen LogP contribution in [-0.4, -0.2) is 27.3 Å². The summed E-state index contributed by atoms with van der Waals surface area (Å²) in [6.07, 6.45) is 14.4. The van der Waals surface area contributed by atoms with Crippen molar-refractivity contribution >= 4 is 27.3 Å². The van der Waals surface area contributed by atoms with Crippen LogP contribution in [0, 0.1) is 0 Å². The SMILES string of the molecule is CCCCCCCCCCCC.[Tl]. The summed E-state index contributed by atoms with van der Waals surface area (Å²) < 4.78 is 0. The van der Waals surface area contributed by atoms with Crippen LogP contribution in [0.3, 0.4) is 0 Å². The zero-order valence-electron chi connectivity index (χ0n) is 9.65. The van der Waals surface area contributed by atoms with Gasteiger partial charge in [-0.3, -0.25) is 0 Å². The van der Waals surface area contributed by atoms with E-state index in [0.717, 1.165) is 0 Å². The summed E-state index contributed by atoms with van der Waals surface area (Å²) in [4.78, 5) is 0. The normalized spacial score (nSPS) is 9.69. The monoisotopic (exact) mass is 375 g/mol. The molecule has 0 amide bonds. The molecule has 0 rings (SSSR count). The number of unbranched alkanes of at least 4 members (excludes halogenated alkanes) is 9. The first kappa shape index (κ1) is 16.4. The van der Waals surface area contributed by atoms with Gasteiger partial charge in [-0.2, -0.15) is 0 Å². The van der Waals surface area contributed by atoms with Gasteiger partial charge >= 0.3 is 0 Å². The molecule has 0 aromatic heterocycles. The fourth-order valence-corrected chi connectivity index (χ4v) is 1.56. The molecule has 0 aromatic carbocycles. The predicted octanol–water partition coefficient (Wildman–Crippen LogP) is 4.55. The maximum Gasteiger partial charge on any atom is 0 e. The van der Waals surface area contributed by atoms with Gasteiger partial charge in [0.15, 0.2) is 0 Å². The first-order valence-corrected chi connectivity index (χ1v) is 5.91. The zero-order valence-corrected chi connectivity index (χ0v) is 14.1. The Morgan fingerprint density at radius 1 is 0.462 bits per heavy atom. The smallest absolute Gasteiger partial charge is 0 e. The molecule has 0 fully saturated rings. The summed E-state index contributed by atoms with van der Waals surface area (Å²) >= 11 is 0. The Bertz CT molecular complexity index is 61.5. The standard InChI is InChI=1S/C12H26.Tl/c1-3-5-7-9-11-12-10-8-6-4-2;/h3-12H2,1-2H3;. The van der Waals surface area contributed by atoms with Crippen molar-refractivity contribution in [2.24, 2.45) is 0 Å². The Balaban J connectivity index is 0. The van der Waals surface area contributed by atoms with E-state index in [4.69, 9.17) is 0 Å². The topological polar surface area (TPSA) is 0 Å². The van der Waals surface area contributed by atoms with E-state index >= 15 is 0 Å². The average molecular weight is 375 g/mol. The molecule has 0 nitrogen and oxygen atoms in total. The second kappa shape index (κ2) is 15.4. The van der Waals surface area contributed by atoms with Crippen molar-refractivity contribution in [1.29, 1.82) is 0 Å². The van der Waals surface area contributed by atoms with Gasteiger partial charge in [0.05, 0.1) is 0 Å². The molecule has 0 aliphatic rings. The number of hydrogen-bond acceptors (Lipinski definition) is 0. The van der Waals surface area contributed by atoms with Gasteiger partial charge < -0.3 is 0 Å². The Labute approximate surface area is 105 Å². The molecule has 0 heterocycles. The minimum atomic E-state index is 0. The molecule has 0 atom stereocenters. The number of hydrogen-bond donors (Lipinski definition) is 0. The summed E-state index contributed by atoms with van der Waals surface area (Å²) in [5, 5.41) is 0. The summed E-state index contributed by atoms with van der Waals surface area (Å²) in [5.74, 6) is 0. The van der Waals surface area contributed by atoms with Gasteiger partial charge in [-0.25, -0.2) is 0 Å². The molecule has 1 heteroatoms. The molecule has 0 unspecified atom stereocenters. The Kier molecular flexibility index (Phi) is 19.4. The van der Waals surface area contributed by atoms with Crippen molar-refractivity contribution in [2.75, 3.05) is 0 Å². The summed E-state index contributed by atoms with van der Waals surface area (Å²) in [5.41, 5.74) is 0. The molecule has 1 radical (unpaired) electrons. The van der Waals surface area contributed by atoms with Gasteiger partial charge in [0.25, 0.3) is 0 Å². The van der Waals surface area contributed by atoms with Crippen LogP contribution in [0.4, 0.5) is 0 Å². The van der Waals surface area contributed by atoms with Gasteiger partial charge in [0, 0.05) is 27.3 Å². The Morgan fingerprint density at radius 2 is 0.692 bits per heavy atom. The molecule has 13 heavy (non-hydrogen) atoms. The van der Waals surface area contributed by atoms with Crippen molar-refractivity contribution in [3.8, 4) is 0 Å². The van der Waals surface area contributed by atoms with Gasteiger partial charge in [-0.15, -0.1) is 0 Å². The summed E-state index contributed by atoms with van der Waals surface area (Å²) in [7, 11) is 0. The third-order valence-electron chi connectivity index (χ3n) is 2.46. The molecule has 0 saturated carbocycles. The van der Waals surface area contributed by atoms with E-state index in [1.165, 1.54) is 64.2 Å². The molecule has 0 aliphatic heterocycles. The third kappa shape index (κ3) is 15.7. The van der Waals surface area contributed by atoms with Crippen molar-refractivity contribution in [3.05, 3.63) is 0 Å². The van der Waals surface area contributed by atoms with Crippen molar-refractivity contribution in [3.63, 3.8) is 0 Å². The van der Waals surface area contributed by atoms with E-state index in [9.17, 15) is 0 Å². The van der Waals surface area contributed by atoms with Crippen LogP contribution in [0.25, 0.3) is 0 Å². The average Bonchev–Trinajstić information content (AvgIpc) is 2.10. The quantitative estimate of drug-likeness (QED) is 0.410. The van der Waals surface area contributed by atoms with E-state index in [1.807, 2.05) is 0 Å². The maximum absolute atomic E-state index is 2.28. The molecule has 0 saturated heterocycles. The molecule has 0 aromatic rings. The van der Waals surface area contributed by atoms with Crippen LogP contribution in [0.5, 0.6) is 0 Å². The number of rotatable bonds is 9. The molecular weight excluding hydrogens is 349 g/mol. The largest absolute Gasteiger partial charge is 0.0654 e. The third-order valence-corrected chi connectivity index (χ3v) is 2.46. The molecule has 0 spiro atoms. The molecule has 0 N–H and O–H groups in total. The van der Waals surface area contributed by atoms with Gasteiger partial charge in [-0.1, -0.05) is 78.1 Å². The first-order chi connectivity index (χ1) is 5.91. The van der Waals surface area contributed by atoms with Crippen LogP contribution in [0.15, 0.2) is 0 Å². The van der Waals surface area contributed by atoms with Gasteiger partial charge in [0.1, 0.15) is 0 Å². The van der Waals surface area contributed by atoms with Crippen LogP contribution < -0.4 is 0 Å². The van der Waals surface area contributed by atoms with Crippen LogP contribution in [0.2, 0.25) is 0 Å². The van der Waals surface area contributed by atoms with Crippen LogP contribution in [-0.2, 0) is 0 Å². The van der Waals surface area contributed by atoms with Crippen LogP contribution in [0.1, 0.15) is 78.1 Å². The molecule has 0 aliphatic carbocycles. The van der Waals surface area contributed by atoms with E-state index in [1.54, 1.807) is 0 Å². The van der Waals surface area contributed by atoms with E-state index in [0.29, 0.717) is 0 Å². The van der Waals surface area contributed by atoms with E-state index in [2.05, 4.69) is 13.8 Å². The summed E-state index contributed by atoms with van der Waals surface area (Å²) in [6, 6.07) is 0. The second-order valence-corrected chi connectivity index (χ2v) is 3.83. The predicted molar refractivity (Wildman–Crippen MR) is 63.3 cm³/mol. The van der Waals surface area contributed by atoms with Gasteiger partial charge in [-0.05, 0) is 0 Å². The Hall–Kier alpha value is 0.922. The fourth-order valence-electron chi connectivity index (χ4n) is 1.56. The fraction of sp³-hybridized carbons (Fsp3) is 1.00. The van der Waals surface area contributed by atoms with Crippen molar-refractivity contribution < 1.29 is 0 Å². The Morgan fingerprint density at radius 3 is 0.923 bits per heavy atom. The van der Waals surface area contributed by atoms with E-state index in [-0.39, 0.29) is 27.3 Å². The van der Waals surface area contributed by atoms with Crippen molar-refractivity contribution in [1.82, 2.24) is 0 Å². The maximum atomic E-state index is 2.28. The van der Waals surface area contributed by atoms with E-state index < -0.39 is 0 Å². The van der Waals surface area contributed by atoms with Crippen molar-refractivity contribution in [2.45, 2.75) is 78.1 Å². The minimum absolute atomic E-state index is 0. The first-order valence-electron chi connectivity index (χ1n) is 5.91. The second-order valence-electron chi connectivity index (χ2n) is 3.83. The van der Waals surface area contributed by atoms with Crippen LogP contribution >= 0.6 is 0 Å². The molecule has 77 valence electrons. The zero-order chi connectivity index (χ0) is 9.07. The molecular formula is C12H26Tl.